The average Bonchev–Trinajstić information content (AvgIpc) is 3.15. The van der Waals surface area contributed by atoms with Gasteiger partial charge in [0.25, 0.3) is 11.8 Å². The summed E-state index contributed by atoms with van der Waals surface area (Å²) in [6, 6.07) is 24.1. The van der Waals surface area contributed by atoms with Crippen LogP contribution in [0.15, 0.2) is 85.1 Å². The van der Waals surface area contributed by atoms with Crippen LogP contribution >= 0.6 is 0 Å². The van der Waals surface area contributed by atoms with Gasteiger partial charge in [-0.3, -0.25) is 14.6 Å². The van der Waals surface area contributed by atoms with Crippen LogP contribution in [0.3, 0.4) is 0 Å². The van der Waals surface area contributed by atoms with Gasteiger partial charge in [0.15, 0.2) is 0 Å². The van der Waals surface area contributed by atoms with Gasteiger partial charge in [-0.15, -0.1) is 0 Å². The SMILES string of the molecule is COc1cccc(Nc2c(C(N)=O)cnc3c(C)cc(Cc4cccc(C(=O)N(C)CCCCCCCC[C@H](O)c5ccc(O)c(CO)c5)c4)cc23)c1. The lowest BCUT2D eigenvalue weighted by atomic mass is 9.97. The molecular weight excluding hydrogens is 668 g/mol. The molecule has 1 atom stereocenters. The molecule has 0 saturated heterocycles. The highest BCUT2D eigenvalue weighted by atomic mass is 16.5. The molecule has 2 amide bonds. The molecule has 0 aliphatic rings. The molecule has 1 heterocycles. The number of aromatic hydroxyl groups is 1. The van der Waals surface area contributed by atoms with Crippen LogP contribution in [0.4, 0.5) is 11.4 Å². The number of pyridine rings is 1. The molecule has 0 unspecified atom stereocenters. The van der Waals surface area contributed by atoms with Gasteiger partial charge < -0.3 is 36.0 Å². The maximum atomic E-state index is 13.4. The number of fused-ring (bicyclic) bond motifs is 1. The number of aliphatic hydroxyl groups excluding tert-OH is 2. The van der Waals surface area contributed by atoms with Gasteiger partial charge in [-0.25, -0.2) is 0 Å². The maximum absolute atomic E-state index is 13.4. The fourth-order valence-corrected chi connectivity index (χ4v) is 6.70. The third-order valence-corrected chi connectivity index (χ3v) is 9.63. The van der Waals surface area contributed by atoms with Crippen LogP contribution in [0.5, 0.6) is 11.5 Å². The van der Waals surface area contributed by atoms with Crippen LogP contribution in [0.25, 0.3) is 10.9 Å². The highest BCUT2D eigenvalue weighted by Crippen LogP contribution is 2.33. The fraction of sp³-hybridized carbons (Fsp3) is 0.326. The van der Waals surface area contributed by atoms with E-state index in [0.29, 0.717) is 47.5 Å². The molecule has 5 rings (SSSR count). The number of anilines is 2. The van der Waals surface area contributed by atoms with Gasteiger partial charge in [0.2, 0.25) is 0 Å². The van der Waals surface area contributed by atoms with Gasteiger partial charge in [-0.1, -0.05) is 62.4 Å². The first-order chi connectivity index (χ1) is 25.6. The Balaban J connectivity index is 1.15. The van der Waals surface area contributed by atoms with E-state index in [1.807, 2.05) is 68.6 Å². The summed E-state index contributed by atoms with van der Waals surface area (Å²) in [4.78, 5) is 32.2. The summed E-state index contributed by atoms with van der Waals surface area (Å²) in [6.07, 6.45) is 8.02. The van der Waals surface area contributed by atoms with Crippen LogP contribution in [0, 0.1) is 6.92 Å². The number of aliphatic hydroxyl groups is 2. The van der Waals surface area contributed by atoms with Crippen LogP contribution in [-0.2, 0) is 13.0 Å². The number of nitrogens with two attached hydrogens (primary N) is 1. The smallest absolute Gasteiger partial charge is 0.253 e. The Labute approximate surface area is 311 Å². The number of aryl methyl sites for hydroxylation is 1. The molecule has 0 radical (unpaired) electrons. The summed E-state index contributed by atoms with van der Waals surface area (Å²) >= 11 is 0. The van der Waals surface area contributed by atoms with E-state index in [1.165, 1.54) is 12.3 Å². The Morgan fingerprint density at radius 1 is 0.925 bits per heavy atom. The van der Waals surface area contributed by atoms with Gasteiger partial charge in [0.05, 0.1) is 36.6 Å². The van der Waals surface area contributed by atoms with Gasteiger partial charge in [0, 0.05) is 48.1 Å². The van der Waals surface area contributed by atoms with Crippen molar-refractivity contribution < 1.29 is 29.6 Å². The number of unbranched alkanes of at least 4 members (excludes halogenated alkanes) is 5. The van der Waals surface area contributed by atoms with E-state index in [2.05, 4.69) is 16.4 Å². The minimum absolute atomic E-state index is 0.0193. The van der Waals surface area contributed by atoms with E-state index < -0.39 is 12.0 Å². The van der Waals surface area contributed by atoms with Crippen molar-refractivity contribution in [2.24, 2.45) is 5.73 Å². The Hall–Kier alpha value is -5.45. The molecule has 0 aliphatic carbocycles. The third-order valence-electron chi connectivity index (χ3n) is 9.63. The standard InChI is InChI=1S/C43H50N4O6/c1-28-20-30(23-36-40(28)45-26-37(42(44)51)41(36)46-34-14-11-15-35(25-34)53-3)21-29-12-10-13-32(22-29)43(52)47(2)19-9-7-5-4-6-8-16-38(49)31-17-18-39(50)33(24-31)27-48/h10-15,17-18,20,22-26,38,48-50H,4-9,16,19,21,27H2,1-3H3,(H2,44,51)(H,45,46)/t38-/m0/s1. The number of ether oxygens (including phenoxy) is 1. The average molecular weight is 719 g/mol. The lowest BCUT2D eigenvalue weighted by Gasteiger charge is -2.18. The van der Waals surface area contributed by atoms with E-state index in [4.69, 9.17) is 10.5 Å². The topological polar surface area (TPSA) is 158 Å². The van der Waals surface area contributed by atoms with Crippen molar-refractivity contribution in [2.75, 3.05) is 26.0 Å². The second-order valence-corrected chi connectivity index (χ2v) is 13.7. The quantitative estimate of drug-likeness (QED) is 0.0577. The molecule has 278 valence electrons. The number of phenols is 1. The summed E-state index contributed by atoms with van der Waals surface area (Å²) < 4.78 is 5.38. The van der Waals surface area contributed by atoms with Gasteiger partial charge >= 0.3 is 0 Å². The summed E-state index contributed by atoms with van der Waals surface area (Å²) in [5, 5.41) is 33.7. The fourth-order valence-electron chi connectivity index (χ4n) is 6.70. The van der Waals surface area contributed by atoms with E-state index in [1.54, 1.807) is 24.1 Å². The molecule has 10 heteroatoms. The van der Waals surface area contributed by atoms with Crippen molar-refractivity contribution in [1.82, 2.24) is 9.88 Å². The van der Waals surface area contributed by atoms with Gasteiger partial charge in [-0.05, 0) is 90.9 Å². The Bertz CT molecular complexity index is 2050. The number of aromatic nitrogens is 1. The van der Waals surface area contributed by atoms with Crippen LogP contribution < -0.4 is 15.8 Å². The van der Waals surface area contributed by atoms with Crippen molar-refractivity contribution >= 4 is 34.1 Å². The van der Waals surface area contributed by atoms with Crippen molar-refractivity contribution in [3.05, 3.63) is 124 Å². The molecule has 53 heavy (non-hydrogen) atoms. The van der Waals surface area contributed by atoms with Crippen molar-refractivity contribution in [2.45, 2.75) is 71.0 Å². The number of carbonyl (C=O) groups is 2. The molecule has 6 N–H and O–H groups in total. The second-order valence-electron chi connectivity index (χ2n) is 13.7. The monoisotopic (exact) mass is 718 g/mol. The first kappa shape index (κ1) is 38.8. The number of carbonyl (C=O) groups excluding carboxylic acids is 2. The Morgan fingerprint density at radius 2 is 1.68 bits per heavy atom. The van der Waals surface area contributed by atoms with E-state index in [0.717, 1.165) is 71.8 Å². The molecule has 5 aromatic rings. The number of nitrogens with one attached hydrogen (secondary N) is 1. The molecule has 1 aromatic heterocycles. The van der Waals surface area contributed by atoms with Gasteiger partial charge in [-0.2, -0.15) is 0 Å². The predicted octanol–water partition coefficient (Wildman–Crippen LogP) is 7.72. The first-order valence-electron chi connectivity index (χ1n) is 18.2. The second kappa shape index (κ2) is 18.3. The van der Waals surface area contributed by atoms with Crippen molar-refractivity contribution in [3.8, 4) is 11.5 Å². The Morgan fingerprint density at radius 3 is 2.43 bits per heavy atom. The normalized spacial score (nSPS) is 11.7. The number of benzene rings is 4. The number of primary amides is 1. The van der Waals surface area contributed by atoms with Crippen LogP contribution in [0.1, 0.15) is 99.6 Å². The molecule has 0 aliphatic heterocycles. The molecule has 4 aromatic carbocycles. The number of hydrogen-bond acceptors (Lipinski definition) is 8. The molecular formula is C43H50N4O6. The molecule has 0 spiro atoms. The van der Waals surface area contributed by atoms with Crippen molar-refractivity contribution in [3.63, 3.8) is 0 Å². The number of rotatable bonds is 18. The third kappa shape index (κ3) is 10.1. The Kier molecular flexibility index (Phi) is 13.4. The van der Waals surface area contributed by atoms with Crippen molar-refractivity contribution in [1.29, 1.82) is 0 Å². The summed E-state index contributed by atoms with van der Waals surface area (Å²) in [5.74, 6) is 0.112. The first-order valence-corrected chi connectivity index (χ1v) is 18.2. The molecule has 0 fully saturated rings. The van der Waals surface area contributed by atoms with Crippen LogP contribution in [-0.4, -0.2) is 57.7 Å². The van der Waals surface area contributed by atoms with E-state index in [9.17, 15) is 24.9 Å². The highest BCUT2D eigenvalue weighted by Gasteiger charge is 2.17. The highest BCUT2D eigenvalue weighted by molar-refractivity contribution is 6.08. The maximum Gasteiger partial charge on any atom is 0.253 e. The lowest BCUT2D eigenvalue weighted by molar-refractivity contribution is 0.0792. The lowest BCUT2D eigenvalue weighted by Crippen LogP contribution is -2.27. The minimum atomic E-state index is -0.620. The number of methoxy groups -OCH3 is 1. The van der Waals surface area contributed by atoms with E-state index in [-0.39, 0.29) is 23.8 Å². The zero-order valence-corrected chi connectivity index (χ0v) is 30.8. The summed E-state index contributed by atoms with van der Waals surface area (Å²) in [7, 11) is 3.44. The van der Waals surface area contributed by atoms with Gasteiger partial charge in [0.1, 0.15) is 11.5 Å². The summed E-state index contributed by atoms with van der Waals surface area (Å²) in [5.41, 5.74) is 12.9. The van der Waals surface area contributed by atoms with Crippen LogP contribution in [0.2, 0.25) is 0 Å². The number of nitrogens with zero attached hydrogens (tertiary/aromatic N) is 2. The predicted molar refractivity (Wildman–Crippen MR) is 209 cm³/mol. The number of hydrogen-bond donors (Lipinski definition) is 5. The molecule has 0 saturated carbocycles. The molecule has 0 bridgehead atoms. The van der Waals surface area contributed by atoms with E-state index >= 15 is 0 Å². The number of amides is 2. The molecule has 10 nitrogen and oxygen atoms in total. The largest absolute Gasteiger partial charge is 0.508 e. The minimum Gasteiger partial charge on any atom is -0.508 e. The zero-order valence-electron chi connectivity index (χ0n) is 30.8. The summed E-state index contributed by atoms with van der Waals surface area (Å²) in [6.45, 7) is 2.39. The zero-order chi connectivity index (χ0) is 37.9.